The van der Waals surface area contributed by atoms with Gasteiger partial charge in [0.15, 0.2) is 5.76 Å². The number of rotatable bonds is 9. The summed E-state index contributed by atoms with van der Waals surface area (Å²) in [6, 6.07) is 7.75. The molecule has 134 valence electrons. The van der Waals surface area contributed by atoms with Crippen molar-refractivity contribution in [2.24, 2.45) is 0 Å². The summed E-state index contributed by atoms with van der Waals surface area (Å²) in [4.78, 5) is 26.9. The van der Waals surface area contributed by atoms with E-state index in [0.717, 1.165) is 30.4 Å². The fourth-order valence-corrected chi connectivity index (χ4v) is 2.45. The molecule has 2 amide bonds. The van der Waals surface area contributed by atoms with Crippen LogP contribution in [0.2, 0.25) is 0 Å². The summed E-state index contributed by atoms with van der Waals surface area (Å²) in [5.41, 5.74) is 3.58. The van der Waals surface area contributed by atoms with Crippen molar-refractivity contribution in [2.45, 2.75) is 39.0 Å². The second-order valence-electron chi connectivity index (χ2n) is 5.80. The Kier molecular flexibility index (Phi) is 7.16. The molecule has 0 saturated carbocycles. The summed E-state index contributed by atoms with van der Waals surface area (Å²) < 4.78 is 5.56. The lowest BCUT2D eigenvalue weighted by atomic mass is 10.1. The van der Waals surface area contributed by atoms with Crippen LogP contribution in [0.4, 0.5) is 0 Å². The molecule has 0 spiro atoms. The second-order valence-corrected chi connectivity index (χ2v) is 5.80. The topological polar surface area (TPSA) is 104 Å². The number of oxazole rings is 1. The Morgan fingerprint density at radius 2 is 1.92 bits per heavy atom. The third-order valence-corrected chi connectivity index (χ3v) is 3.85. The van der Waals surface area contributed by atoms with Crippen molar-refractivity contribution in [2.75, 3.05) is 6.54 Å². The first-order valence-corrected chi connectivity index (χ1v) is 8.35. The Labute approximate surface area is 146 Å². The fraction of sp³-hybridized carbons (Fsp3) is 0.389. The van der Waals surface area contributed by atoms with E-state index in [4.69, 9.17) is 9.62 Å². The first-order chi connectivity index (χ1) is 12.1. The molecule has 7 nitrogen and oxygen atoms in total. The SMILES string of the molecule is Cc1ccccc1-c1cnc(C(=O)NCCCCCCC(=O)NO)o1. The van der Waals surface area contributed by atoms with Crippen LogP contribution >= 0.6 is 0 Å². The number of carbonyl (C=O) groups is 2. The molecule has 0 bridgehead atoms. The molecule has 0 fully saturated rings. The van der Waals surface area contributed by atoms with Gasteiger partial charge in [-0.25, -0.2) is 10.5 Å². The van der Waals surface area contributed by atoms with Crippen molar-refractivity contribution in [1.29, 1.82) is 0 Å². The zero-order valence-corrected chi connectivity index (χ0v) is 14.2. The predicted molar refractivity (Wildman–Crippen MR) is 92.0 cm³/mol. The standard InChI is InChI=1S/C18H23N3O4/c1-13-8-5-6-9-14(13)15-12-20-18(25-15)17(23)19-11-7-3-2-4-10-16(22)21-24/h5-6,8-9,12,24H,2-4,7,10-11H2,1H3,(H,19,23)(H,21,22). The van der Waals surface area contributed by atoms with Gasteiger partial charge in [0.2, 0.25) is 5.91 Å². The van der Waals surface area contributed by atoms with E-state index in [1.165, 1.54) is 0 Å². The molecule has 1 aromatic carbocycles. The summed E-state index contributed by atoms with van der Waals surface area (Å²) in [6.07, 6.45) is 5.13. The Bertz CT molecular complexity index is 712. The van der Waals surface area contributed by atoms with Gasteiger partial charge >= 0.3 is 5.91 Å². The van der Waals surface area contributed by atoms with Crippen LogP contribution in [0.5, 0.6) is 0 Å². The van der Waals surface area contributed by atoms with Crippen molar-refractivity contribution < 1.29 is 19.2 Å². The molecule has 0 atom stereocenters. The molecular weight excluding hydrogens is 322 g/mol. The summed E-state index contributed by atoms with van der Waals surface area (Å²) in [7, 11) is 0. The van der Waals surface area contributed by atoms with E-state index in [9.17, 15) is 9.59 Å². The summed E-state index contributed by atoms with van der Waals surface area (Å²) in [5, 5.41) is 11.1. The quantitative estimate of drug-likeness (QED) is 0.368. The summed E-state index contributed by atoms with van der Waals surface area (Å²) in [6.45, 7) is 2.49. The summed E-state index contributed by atoms with van der Waals surface area (Å²) in [5.74, 6) is -0.0792. The van der Waals surface area contributed by atoms with E-state index in [1.54, 1.807) is 11.7 Å². The lowest BCUT2D eigenvalue weighted by Crippen LogP contribution is -2.24. The van der Waals surface area contributed by atoms with E-state index < -0.39 is 0 Å². The van der Waals surface area contributed by atoms with Crippen LogP contribution in [0.1, 0.15) is 48.4 Å². The third kappa shape index (κ3) is 5.72. The van der Waals surface area contributed by atoms with Crippen molar-refractivity contribution in [1.82, 2.24) is 15.8 Å². The van der Waals surface area contributed by atoms with Gasteiger partial charge in [-0.1, -0.05) is 37.1 Å². The molecule has 0 radical (unpaired) electrons. The van der Waals surface area contributed by atoms with Crippen molar-refractivity contribution in [3.8, 4) is 11.3 Å². The zero-order chi connectivity index (χ0) is 18.1. The Morgan fingerprint density at radius 1 is 1.16 bits per heavy atom. The highest BCUT2D eigenvalue weighted by Gasteiger charge is 2.14. The number of unbranched alkanes of at least 4 members (excludes halogenated alkanes) is 3. The lowest BCUT2D eigenvalue weighted by molar-refractivity contribution is -0.129. The van der Waals surface area contributed by atoms with Gasteiger partial charge in [-0.3, -0.25) is 14.8 Å². The fourth-order valence-electron chi connectivity index (χ4n) is 2.45. The molecular formula is C18H23N3O4. The minimum absolute atomic E-state index is 0.0536. The number of carbonyl (C=O) groups excluding carboxylic acids is 2. The van der Waals surface area contributed by atoms with Crippen molar-refractivity contribution in [3.05, 3.63) is 41.9 Å². The number of nitrogens with zero attached hydrogens (tertiary/aromatic N) is 1. The average molecular weight is 345 g/mol. The maximum absolute atomic E-state index is 12.0. The smallest absolute Gasteiger partial charge is 0.307 e. The number of hydroxylamine groups is 1. The van der Waals surface area contributed by atoms with Crippen LogP contribution < -0.4 is 10.8 Å². The minimum atomic E-state index is -0.373. The zero-order valence-electron chi connectivity index (χ0n) is 14.2. The summed E-state index contributed by atoms with van der Waals surface area (Å²) >= 11 is 0. The number of aromatic nitrogens is 1. The Morgan fingerprint density at radius 3 is 2.68 bits per heavy atom. The van der Waals surface area contributed by atoms with E-state index in [0.29, 0.717) is 25.1 Å². The maximum Gasteiger partial charge on any atom is 0.307 e. The van der Waals surface area contributed by atoms with Crippen LogP contribution in [0.15, 0.2) is 34.9 Å². The van der Waals surface area contributed by atoms with Crippen molar-refractivity contribution in [3.63, 3.8) is 0 Å². The van der Waals surface area contributed by atoms with Gasteiger partial charge in [0.1, 0.15) is 0 Å². The predicted octanol–water partition coefficient (Wildman–Crippen LogP) is 2.84. The number of hydrogen-bond acceptors (Lipinski definition) is 5. The molecule has 2 aromatic rings. The molecule has 1 heterocycles. The van der Waals surface area contributed by atoms with Crippen molar-refractivity contribution >= 4 is 11.8 Å². The highest BCUT2D eigenvalue weighted by atomic mass is 16.5. The molecule has 0 unspecified atom stereocenters. The van der Waals surface area contributed by atoms with Gasteiger partial charge in [0.25, 0.3) is 5.89 Å². The molecule has 2 rings (SSSR count). The second kappa shape index (κ2) is 9.58. The highest BCUT2D eigenvalue weighted by molar-refractivity contribution is 5.90. The van der Waals surface area contributed by atoms with Gasteiger partial charge in [-0.05, 0) is 25.3 Å². The minimum Gasteiger partial charge on any atom is -0.432 e. The van der Waals surface area contributed by atoms with Crippen LogP contribution in [0, 0.1) is 6.92 Å². The molecule has 0 aliphatic carbocycles. The average Bonchev–Trinajstić information content (AvgIpc) is 3.10. The molecule has 0 aliphatic rings. The maximum atomic E-state index is 12.0. The number of amides is 2. The van der Waals surface area contributed by atoms with Crippen LogP contribution in [0.3, 0.4) is 0 Å². The Hall–Kier alpha value is -2.67. The van der Waals surface area contributed by atoms with Crippen LogP contribution in [-0.4, -0.2) is 28.6 Å². The van der Waals surface area contributed by atoms with Crippen LogP contribution in [-0.2, 0) is 4.79 Å². The van der Waals surface area contributed by atoms with E-state index in [1.807, 2.05) is 31.2 Å². The van der Waals surface area contributed by atoms with E-state index >= 15 is 0 Å². The number of hydrogen-bond donors (Lipinski definition) is 3. The normalized spacial score (nSPS) is 10.5. The number of nitrogens with one attached hydrogen (secondary N) is 2. The first kappa shape index (κ1) is 18.7. The van der Waals surface area contributed by atoms with E-state index in [-0.39, 0.29) is 17.7 Å². The molecule has 25 heavy (non-hydrogen) atoms. The lowest BCUT2D eigenvalue weighted by Gasteiger charge is -2.03. The van der Waals surface area contributed by atoms with E-state index in [2.05, 4.69) is 10.3 Å². The Balaban J connectivity index is 1.72. The largest absolute Gasteiger partial charge is 0.432 e. The van der Waals surface area contributed by atoms with Gasteiger partial charge in [0.05, 0.1) is 6.20 Å². The van der Waals surface area contributed by atoms with Gasteiger partial charge < -0.3 is 9.73 Å². The molecule has 0 aliphatic heterocycles. The van der Waals surface area contributed by atoms with Gasteiger partial charge in [-0.2, -0.15) is 0 Å². The van der Waals surface area contributed by atoms with Gasteiger partial charge in [0, 0.05) is 18.5 Å². The highest BCUT2D eigenvalue weighted by Crippen LogP contribution is 2.23. The molecule has 0 saturated heterocycles. The van der Waals surface area contributed by atoms with Gasteiger partial charge in [-0.15, -0.1) is 0 Å². The number of benzene rings is 1. The first-order valence-electron chi connectivity index (χ1n) is 8.35. The molecule has 3 N–H and O–H groups in total. The molecule has 7 heteroatoms. The molecule has 1 aromatic heterocycles. The third-order valence-electron chi connectivity index (χ3n) is 3.85. The number of aryl methyl sites for hydroxylation is 1. The van der Waals surface area contributed by atoms with Crippen LogP contribution in [0.25, 0.3) is 11.3 Å². The monoisotopic (exact) mass is 345 g/mol.